The highest BCUT2D eigenvalue weighted by atomic mass is 32.2. The molecule has 0 saturated heterocycles. The van der Waals surface area contributed by atoms with Gasteiger partial charge in [0.15, 0.2) is 25.1 Å². The first-order valence-corrected chi connectivity index (χ1v) is 48.5. The lowest BCUT2D eigenvalue weighted by atomic mass is 9.60. The fraction of sp³-hybridized carbons (Fsp3) is 0.348. The number of ketones is 3. The maximum absolute atomic E-state index is 14.5. The summed E-state index contributed by atoms with van der Waals surface area (Å²) in [5, 5.41) is 31.8. The Morgan fingerprint density at radius 1 is 0.471 bits per heavy atom. The van der Waals surface area contributed by atoms with Gasteiger partial charge < -0.3 is 14.6 Å². The summed E-state index contributed by atoms with van der Waals surface area (Å²) in [6.45, 7) is 2.75. The number of aliphatic hydroxyl groups is 1. The van der Waals surface area contributed by atoms with E-state index in [0.29, 0.717) is 131 Å². The first kappa shape index (κ1) is 94.7. The number of fused-ring (bicyclic) bond motifs is 6. The van der Waals surface area contributed by atoms with Gasteiger partial charge in [0, 0.05) is 56.7 Å². The quantitative estimate of drug-likeness (QED) is 0.0376. The van der Waals surface area contributed by atoms with Crippen molar-refractivity contribution >= 4 is 106 Å². The number of carbonyl (C=O) groups excluding carboxylic acids is 3. The van der Waals surface area contributed by atoms with Gasteiger partial charge in [0.25, 0.3) is 0 Å². The van der Waals surface area contributed by atoms with Gasteiger partial charge in [0.05, 0.1) is 125 Å². The molecule has 0 radical (unpaired) electrons. The molecule has 5 saturated carbocycles. The molecule has 1 N–H and O–H groups in total. The Hall–Kier alpha value is -11.7. The van der Waals surface area contributed by atoms with Crippen molar-refractivity contribution in [3.8, 4) is 17.1 Å². The largest absolute Gasteiger partial charge is 0.427 e. The molecule has 23 nitrogen and oxygen atoms in total. The molecule has 8 aliphatic rings. The molecule has 8 aromatic heterocycles. The van der Waals surface area contributed by atoms with Gasteiger partial charge in [-0.25, -0.2) is 68.6 Å². The van der Waals surface area contributed by atoms with Crippen LogP contribution < -0.4 is 0 Å². The highest BCUT2D eigenvalue weighted by molar-refractivity contribution is 7.98. The van der Waals surface area contributed by atoms with E-state index in [1.165, 1.54) is 99.6 Å². The van der Waals surface area contributed by atoms with Crippen molar-refractivity contribution in [3.05, 3.63) is 269 Å². The zero-order chi connectivity index (χ0) is 96.7. The Kier molecular flexibility index (Phi) is 24.4. The molecule has 0 amide bonds. The van der Waals surface area contributed by atoms with Gasteiger partial charge in [0.2, 0.25) is 17.3 Å². The number of imidazole rings is 1. The molecular weight excluding hydrogens is 1900 g/mol. The minimum absolute atomic E-state index is 0.0170. The number of aryl methyl sites for hydroxylation is 2. The third kappa shape index (κ3) is 18.3. The lowest BCUT2D eigenvalue weighted by Crippen LogP contribution is -2.52. The summed E-state index contributed by atoms with van der Waals surface area (Å²) in [6, 6.07) is 21.7. The second-order valence-corrected chi connectivity index (χ2v) is 42.7. The van der Waals surface area contributed by atoms with E-state index in [2.05, 4.69) is 68.6 Å². The van der Waals surface area contributed by atoms with Crippen LogP contribution in [0, 0.1) is 39.5 Å². The van der Waals surface area contributed by atoms with Crippen molar-refractivity contribution in [3.63, 3.8) is 0 Å². The van der Waals surface area contributed by atoms with Crippen molar-refractivity contribution in [2.75, 3.05) is 13.1 Å². The number of thiazole rings is 3. The Balaban J connectivity index is 0.000000136. The number of Topliss-reactive ketones (excluding diaryl/α,β-unsaturated/α-hetero) is 3. The molecule has 4 aromatic carbocycles. The van der Waals surface area contributed by atoms with Crippen LogP contribution in [0.1, 0.15) is 167 Å². The number of carbonyl (C=O) groups is 3. The van der Waals surface area contributed by atoms with Crippen LogP contribution >= 0.6 is 34.0 Å². The van der Waals surface area contributed by atoms with Crippen LogP contribution in [0.5, 0.6) is 0 Å². The summed E-state index contributed by atoms with van der Waals surface area (Å²) >= 11 is 0.830. The number of rotatable bonds is 22. The lowest BCUT2D eigenvalue weighted by molar-refractivity contribution is -0.140. The summed E-state index contributed by atoms with van der Waals surface area (Å²) in [6.07, 6.45) is 2.58. The van der Waals surface area contributed by atoms with E-state index < -0.39 is 133 Å². The number of halogens is 16. The van der Waals surface area contributed by atoms with Crippen molar-refractivity contribution < 1.29 is 98.2 Å². The van der Waals surface area contributed by atoms with E-state index in [-0.39, 0.29) is 107 Å². The van der Waals surface area contributed by atoms with Gasteiger partial charge in [-0.3, -0.25) is 14.4 Å². The summed E-state index contributed by atoms with van der Waals surface area (Å²) in [5.41, 5.74) is 4.01. The van der Waals surface area contributed by atoms with E-state index >= 15 is 0 Å². The Morgan fingerprint density at radius 3 is 1.16 bits per heavy atom. The predicted octanol–water partition coefficient (Wildman–Crippen LogP) is 18.8. The summed E-state index contributed by atoms with van der Waals surface area (Å²) in [7, 11) is -4.00. The van der Waals surface area contributed by atoms with Crippen LogP contribution in [0.4, 0.5) is 70.2 Å². The molecule has 44 heteroatoms. The SMILES string of the molecule is C=C(c1ccc(F)cc1)N(C1CC1)[C@H]1CCC2=Cc3c(cnn3-c3ccc(F)cc3)C[C@]2(C(=O)c2ncc(C(F)(F)F)s2)C1.C=S(=O)(c1cn(C)cn1)N(CC(F)(F)F)[C@H]1CCC2=Cc3c(cnn3-c3ccc(F)cc3)C[C@]2(C(=O)c2ncc(C(F)(F)F)s2)C1.C=S(=O)(c1cnn(C)n1)N(CC1(O)CC1)[C@H]1CCC2=Cc3c(cnn3-c3ccc(F)cc3)C[C@]2(C(=O)c2ncc(C(F)(F)F)s2)C1. The molecule has 0 bridgehead atoms. The molecular formula is C92H81F16N17O6S5. The van der Waals surface area contributed by atoms with Gasteiger partial charge in [-0.15, -0.1) is 39.1 Å². The number of benzene rings is 4. The molecule has 2 unspecified atom stereocenters. The number of hydrogen-bond acceptors (Lipinski definition) is 19. The summed E-state index contributed by atoms with van der Waals surface area (Å²) < 4.78 is 256. The van der Waals surface area contributed by atoms with Gasteiger partial charge in [-0.2, -0.15) is 77.9 Å². The first-order chi connectivity index (χ1) is 64.2. The fourth-order valence-corrected chi connectivity index (χ4v) is 25.4. The van der Waals surface area contributed by atoms with E-state index in [1.54, 1.807) is 82.6 Å². The van der Waals surface area contributed by atoms with Gasteiger partial charge >= 0.3 is 24.7 Å². The molecule has 136 heavy (non-hydrogen) atoms. The molecule has 5 fully saturated rings. The second kappa shape index (κ2) is 35.1. The summed E-state index contributed by atoms with van der Waals surface area (Å²) in [4.78, 5) is 59.4. The third-order valence-corrected chi connectivity index (χ3v) is 33.5. The van der Waals surface area contributed by atoms with Crippen LogP contribution in [-0.4, -0.2) is 174 Å². The molecule has 8 heterocycles. The third-order valence-electron chi connectivity index (χ3n) is 26.3. The number of hydrogen-bond donors (Lipinski definition) is 1. The molecule has 12 aromatic rings. The maximum Gasteiger partial charge on any atom is 0.427 e. The Morgan fingerprint density at radius 2 is 0.831 bits per heavy atom. The van der Waals surface area contributed by atoms with Crippen LogP contribution in [0.3, 0.4) is 0 Å². The molecule has 0 spiro atoms. The number of allylic oxidation sites excluding steroid dienone is 3. The number of alkyl halides is 12. The van der Waals surface area contributed by atoms with Crippen LogP contribution in [0.25, 0.3) is 41.0 Å². The molecule has 0 aliphatic heterocycles. The van der Waals surface area contributed by atoms with Crippen molar-refractivity contribution in [2.24, 2.45) is 30.3 Å². The normalized spacial score (nSPS) is 22.0. The predicted molar refractivity (Wildman–Crippen MR) is 475 cm³/mol. The zero-order valence-electron chi connectivity index (χ0n) is 72.0. The minimum atomic E-state index is -4.81. The number of aromatic nitrogens is 14. The smallest absolute Gasteiger partial charge is 0.389 e. The topological polar surface area (TPSA) is 256 Å². The van der Waals surface area contributed by atoms with E-state index in [0.717, 1.165) is 51.4 Å². The standard InChI is InChI=1S/C33H27F5N4OS.C30H29F4N7O3S2.C29H25F7N6O2S2/c1-19(20-2-5-23(34)6-3-20)41(25-12-13-25)27-9-4-22-14-28-21(17-40-42(28)26-10-7-24(35)8-11-26)15-32(22,16-27)30(43)31-39-18-29(44-31)33(36,37)38;1-39-36-16-25(38-39)46(2,44)40(17-28(43)9-10-28)22-6-3-19-11-23-18(14-37-41(23)21-7-4-20(31)5-8-21)12-29(19,13-22)26(42)27-35-15-24(45-27)30(32,33)34;1-40-14-24(38-16-40)46(2,44)41(15-28(31,32)33)21-6-3-18-9-22-17(12-39-42(22)20-7-4-19(30)5-8-20)10-27(18,11-21)25(43)26-37-13-23(45-26)29(34,35)36/h2-3,5-8,10-11,14,17-18,25,27H,1,4,9,12-13,15-16H2;4-5,7-8,11,14-16,22,43H,2-3,6,9-10,12-13,17H2,1H3;4-5,7-9,12-14,16,21H,2-3,6,10-11,15H2,1H3/t27-,32-;22-,29-,46?;21-,27-,46?/m000/s1. The van der Waals surface area contributed by atoms with Gasteiger partial charge in [0.1, 0.15) is 44.4 Å². The van der Waals surface area contributed by atoms with E-state index in [4.69, 9.17) is 0 Å². The Bertz CT molecular complexity index is 6740. The second-order valence-electron chi connectivity index (χ2n) is 35.3. The highest BCUT2D eigenvalue weighted by Gasteiger charge is 2.58. The van der Waals surface area contributed by atoms with Crippen molar-refractivity contribution in [1.29, 1.82) is 0 Å². The average Bonchev–Trinajstić information content (AvgIpc) is 1.64. The monoisotopic (exact) mass is 1980 g/mol. The van der Waals surface area contributed by atoms with Crippen molar-refractivity contribution in [2.45, 2.75) is 167 Å². The highest BCUT2D eigenvalue weighted by Crippen LogP contribution is 2.58. The first-order valence-electron chi connectivity index (χ1n) is 42.7. The fourth-order valence-electron chi connectivity index (χ4n) is 19.4. The zero-order valence-corrected chi connectivity index (χ0v) is 76.1. The van der Waals surface area contributed by atoms with E-state index in [1.807, 2.05) is 12.2 Å². The summed E-state index contributed by atoms with van der Waals surface area (Å²) in [5.74, 6) is 4.30. The number of nitrogens with zero attached hydrogens (tertiary/aromatic N) is 17. The maximum atomic E-state index is 14.5. The average molecular weight is 1990 g/mol. The Labute approximate surface area is 778 Å². The van der Waals surface area contributed by atoms with Crippen LogP contribution in [0.15, 0.2) is 186 Å². The molecule has 712 valence electrons. The minimum Gasteiger partial charge on any atom is -0.389 e. The molecule has 20 rings (SSSR count). The van der Waals surface area contributed by atoms with Crippen LogP contribution in [0.2, 0.25) is 0 Å². The van der Waals surface area contributed by atoms with Crippen molar-refractivity contribution in [1.82, 2.24) is 82.3 Å². The van der Waals surface area contributed by atoms with Gasteiger partial charge in [-0.1, -0.05) is 35.4 Å². The molecule has 8 aliphatic carbocycles. The molecule has 8 atom stereocenters. The lowest BCUT2D eigenvalue weighted by Gasteiger charge is -2.48. The van der Waals surface area contributed by atoms with E-state index in [9.17, 15) is 98.2 Å². The van der Waals surface area contributed by atoms with Crippen LogP contribution in [-0.2, 0) is 71.3 Å². The van der Waals surface area contributed by atoms with Gasteiger partial charge in [-0.05, 0) is 240 Å².